The molecule has 48 heavy (non-hydrogen) atoms. The van der Waals surface area contributed by atoms with Gasteiger partial charge in [-0.1, -0.05) is 48.5 Å². The number of rotatable bonds is 6. The number of fused-ring (bicyclic) bond motifs is 6. The largest absolute Gasteiger partial charge is 0.524 e. The van der Waals surface area contributed by atoms with Gasteiger partial charge in [0.05, 0.1) is 22.2 Å². The van der Waals surface area contributed by atoms with E-state index >= 15 is 0 Å². The number of phenolic OH excluding ortho intramolecular Hbond substituents is 1. The van der Waals surface area contributed by atoms with E-state index in [1.807, 2.05) is 41.3 Å². The van der Waals surface area contributed by atoms with Gasteiger partial charge in [-0.2, -0.15) is 0 Å². The lowest BCUT2D eigenvalue weighted by molar-refractivity contribution is -0.623. The molecule has 12 heteroatoms. The Morgan fingerprint density at radius 2 is 1.15 bits per heavy atom. The molecule has 12 rings (SSSR count). The van der Waals surface area contributed by atoms with Crippen molar-refractivity contribution in [3.63, 3.8) is 0 Å². The van der Waals surface area contributed by atoms with Crippen molar-refractivity contribution in [3.05, 3.63) is 71.8 Å². The van der Waals surface area contributed by atoms with Crippen LogP contribution in [0.3, 0.4) is 0 Å². The summed E-state index contributed by atoms with van der Waals surface area (Å²) in [5, 5.41) is 13.9. The fraction of sp³-hybridized carbons (Fsp3) is 0.389. The highest BCUT2D eigenvalue weighted by Gasteiger charge is 3.13. The van der Waals surface area contributed by atoms with Crippen molar-refractivity contribution in [2.75, 3.05) is 34.6 Å². The summed E-state index contributed by atoms with van der Waals surface area (Å²) in [5.74, 6) is 1.86. The maximum atomic E-state index is 14.7. The van der Waals surface area contributed by atoms with Gasteiger partial charge in [0.1, 0.15) is 11.5 Å². The normalized spacial score (nSPS) is 36.8. The predicted molar refractivity (Wildman–Crippen MR) is 180 cm³/mol. The SMILES string of the molecule is O=C(N1C[C@@H](CCl)c2c1cc(O)c1ccccc21)C12C3C4C1C1C2C3C41C(=O)N1C[C@@H](CCl)c2c1cc(OP(=O)(O)O)c1ccccc21. The van der Waals surface area contributed by atoms with E-state index in [2.05, 4.69) is 0 Å². The van der Waals surface area contributed by atoms with Crippen molar-refractivity contribution in [3.8, 4) is 11.5 Å². The second-order valence-corrected chi connectivity index (χ2v) is 16.6. The van der Waals surface area contributed by atoms with Gasteiger partial charge in [0.2, 0.25) is 11.8 Å². The van der Waals surface area contributed by atoms with E-state index in [0.717, 1.165) is 33.0 Å². The molecule has 4 aromatic carbocycles. The summed E-state index contributed by atoms with van der Waals surface area (Å²) >= 11 is 13.0. The Bertz CT molecular complexity index is 2220. The van der Waals surface area contributed by atoms with Crippen molar-refractivity contribution in [2.24, 2.45) is 46.3 Å². The number of anilines is 2. The Labute approximate surface area is 284 Å². The van der Waals surface area contributed by atoms with E-state index < -0.39 is 18.7 Å². The lowest BCUT2D eigenvalue weighted by Gasteiger charge is -3.09. The number of amides is 2. The molecular weight excluding hydrogens is 674 g/mol. The number of hydrogen-bond acceptors (Lipinski definition) is 5. The fourth-order valence-electron chi connectivity index (χ4n) is 12.5. The highest BCUT2D eigenvalue weighted by Crippen LogP contribution is 3.10. The number of carbonyl (C=O) groups is 2. The Morgan fingerprint density at radius 1 is 0.729 bits per heavy atom. The summed E-state index contributed by atoms with van der Waals surface area (Å²) in [4.78, 5) is 52.3. The average Bonchev–Trinajstić information content (AvgIpc) is 3.65. The number of carbonyl (C=O) groups excluding carboxylic acids is 2. The molecule has 8 aliphatic rings. The number of benzene rings is 4. The molecule has 0 bridgehead atoms. The lowest BCUT2D eigenvalue weighted by Crippen LogP contribution is -3.12. The Kier molecular flexibility index (Phi) is 5.16. The molecule has 2 amide bonds. The summed E-state index contributed by atoms with van der Waals surface area (Å²) in [6.07, 6.45) is 0. The zero-order valence-corrected chi connectivity index (χ0v) is 27.7. The summed E-state index contributed by atoms with van der Waals surface area (Å²) in [6, 6.07) is 18.3. The molecule has 0 radical (unpaired) electrons. The minimum Gasteiger partial charge on any atom is -0.507 e. The molecule has 0 spiro atoms. The van der Waals surface area contributed by atoms with Crippen LogP contribution in [-0.2, 0) is 14.2 Å². The van der Waals surface area contributed by atoms with Gasteiger partial charge < -0.3 is 19.4 Å². The van der Waals surface area contributed by atoms with Crippen LogP contribution in [0, 0.1) is 46.3 Å². The molecule has 244 valence electrons. The predicted octanol–water partition coefficient (Wildman–Crippen LogP) is 5.95. The van der Waals surface area contributed by atoms with Gasteiger partial charge in [-0.05, 0) is 57.4 Å². The highest BCUT2D eigenvalue weighted by atomic mass is 35.5. The monoisotopic (exact) mass is 702 g/mol. The van der Waals surface area contributed by atoms with E-state index in [0.29, 0.717) is 35.9 Å². The first-order valence-electron chi connectivity index (χ1n) is 16.4. The van der Waals surface area contributed by atoms with Gasteiger partial charge in [0.15, 0.2) is 0 Å². The molecule has 2 atom stereocenters. The molecule has 6 saturated carbocycles. The number of nitrogens with zero attached hydrogens (tertiary/aromatic N) is 2. The molecular formula is C36H29Cl2N2O7P. The van der Waals surface area contributed by atoms with Crippen LogP contribution in [-0.4, -0.2) is 51.6 Å². The van der Waals surface area contributed by atoms with Gasteiger partial charge in [-0.25, -0.2) is 4.57 Å². The quantitative estimate of drug-likeness (QED) is 0.168. The third kappa shape index (κ3) is 2.77. The van der Waals surface area contributed by atoms with Crippen LogP contribution < -0.4 is 14.3 Å². The topological polar surface area (TPSA) is 128 Å². The second-order valence-electron chi connectivity index (χ2n) is 14.9. The van der Waals surface area contributed by atoms with Crippen molar-refractivity contribution in [1.29, 1.82) is 0 Å². The Balaban J connectivity index is 0.923. The number of halogens is 2. The van der Waals surface area contributed by atoms with Crippen molar-refractivity contribution in [1.82, 2.24) is 0 Å². The number of alkyl halides is 2. The van der Waals surface area contributed by atoms with Crippen LogP contribution in [0.1, 0.15) is 23.0 Å². The molecule has 4 aromatic rings. The molecule has 3 N–H and O–H groups in total. The van der Waals surface area contributed by atoms with Crippen LogP contribution in [0.4, 0.5) is 11.4 Å². The molecule has 6 fully saturated rings. The van der Waals surface area contributed by atoms with Gasteiger partial charge >= 0.3 is 7.82 Å². The first-order valence-corrected chi connectivity index (χ1v) is 19.0. The average molecular weight is 704 g/mol. The smallest absolute Gasteiger partial charge is 0.507 e. The summed E-state index contributed by atoms with van der Waals surface area (Å²) < 4.78 is 17.1. The van der Waals surface area contributed by atoms with Gasteiger partial charge in [-0.15, -0.1) is 23.2 Å². The van der Waals surface area contributed by atoms with E-state index in [4.69, 9.17) is 27.7 Å². The standard InChI is InChI=1S/C36H29Cl2N2O7P/c37-11-15-13-39(21-9-23(41)17-5-1-3-7-19(17)25(15)21)33(42)35-27-30-28(35)32-29(35)31(27)36(30,32)34(43)40-14-16(12-38)26-20-8-4-2-6-18(20)24(10-22(26)40)47-48(44,45)46/h1-10,15-16,27-32,41H,11-14H2,(H2,44,45,46)/t15-,16-,27?,28?,29?,30?,31?,32?,35?,36?/m1/s1. The minimum atomic E-state index is -4.87. The molecule has 0 saturated heterocycles. The maximum absolute atomic E-state index is 14.7. The fourth-order valence-corrected chi connectivity index (χ4v) is 13.4. The minimum absolute atomic E-state index is 0.0305. The van der Waals surface area contributed by atoms with E-state index in [-0.39, 0.29) is 70.7 Å². The Hall–Kier alpha value is -3.33. The molecule has 0 unspecified atom stereocenters. The van der Waals surface area contributed by atoms with Crippen LogP contribution in [0.2, 0.25) is 0 Å². The number of phenols is 1. The van der Waals surface area contributed by atoms with E-state index in [1.54, 1.807) is 29.2 Å². The van der Waals surface area contributed by atoms with E-state index in [1.165, 1.54) is 0 Å². The van der Waals surface area contributed by atoms with Crippen LogP contribution in [0.15, 0.2) is 60.7 Å². The summed E-state index contributed by atoms with van der Waals surface area (Å²) in [5.41, 5.74) is 2.36. The first-order chi connectivity index (χ1) is 23.1. The Morgan fingerprint density at radius 3 is 1.60 bits per heavy atom. The van der Waals surface area contributed by atoms with Crippen molar-refractivity contribution in [2.45, 2.75) is 11.8 Å². The highest BCUT2D eigenvalue weighted by molar-refractivity contribution is 7.46. The van der Waals surface area contributed by atoms with Crippen molar-refractivity contribution >= 4 is 75.8 Å². The first kappa shape index (κ1) is 28.5. The molecule has 0 aromatic heterocycles. The van der Waals surface area contributed by atoms with Gasteiger partial charge in [-0.3, -0.25) is 19.4 Å². The van der Waals surface area contributed by atoms with Gasteiger partial charge in [0, 0.05) is 59.6 Å². The zero-order valence-electron chi connectivity index (χ0n) is 25.3. The number of aromatic hydroxyl groups is 1. The number of hydrogen-bond donors (Lipinski definition) is 3. The van der Waals surface area contributed by atoms with Crippen LogP contribution >= 0.6 is 31.0 Å². The van der Waals surface area contributed by atoms with Crippen LogP contribution in [0.25, 0.3) is 21.5 Å². The molecule has 2 aliphatic heterocycles. The molecule has 9 nitrogen and oxygen atoms in total. The number of phosphoric ester groups is 1. The molecule has 2 heterocycles. The van der Waals surface area contributed by atoms with Crippen LogP contribution in [0.5, 0.6) is 11.5 Å². The number of phosphoric acid groups is 1. The van der Waals surface area contributed by atoms with Crippen molar-refractivity contribution < 1.29 is 33.6 Å². The third-order valence-electron chi connectivity index (χ3n) is 13.7. The second kappa shape index (κ2) is 8.69. The molecule has 6 aliphatic carbocycles. The summed E-state index contributed by atoms with van der Waals surface area (Å²) in [6.45, 7) is 0.876. The third-order valence-corrected chi connectivity index (χ3v) is 14.9. The summed E-state index contributed by atoms with van der Waals surface area (Å²) in [7, 11) is -4.87. The zero-order chi connectivity index (χ0) is 32.8. The van der Waals surface area contributed by atoms with E-state index in [9.17, 15) is 29.0 Å². The maximum Gasteiger partial charge on any atom is 0.524 e. The lowest BCUT2D eigenvalue weighted by atomic mass is 8.92. The van der Waals surface area contributed by atoms with Gasteiger partial charge in [0.25, 0.3) is 0 Å².